The van der Waals surface area contributed by atoms with Gasteiger partial charge in [-0.3, -0.25) is 0 Å². The van der Waals surface area contributed by atoms with E-state index >= 15 is 0 Å². The molecule has 2 heterocycles. The third-order valence-electron chi connectivity index (χ3n) is 4.78. The first-order chi connectivity index (χ1) is 12.7. The number of benzene rings is 1. The van der Waals surface area contributed by atoms with Crippen LogP contribution >= 0.6 is 24.0 Å². The van der Waals surface area contributed by atoms with Crippen molar-refractivity contribution in [3.8, 4) is 0 Å². The number of pyridine rings is 1. The molecule has 0 unspecified atom stereocenters. The summed E-state index contributed by atoms with van der Waals surface area (Å²) in [5.41, 5.74) is 9.44. The zero-order valence-electron chi connectivity index (χ0n) is 16.0. The van der Waals surface area contributed by atoms with Crippen LogP contribution in [0.3, 0.4) is 0 Å². The van der Waals surface area contributed by atoms with Crippen molar-refractivity contribution < 1.29 is 0 Å². The number of rotatable bonds is 5. The van der Waals surface area contributed by atoms with Crippen molar-refractivity contribution in [2.24, 2.45) is 10.7 Å². The molecular weight excluding hydrogens is 449 g/mol. The lowest BCUT2D eigenvalue weighted by Gasteiger charge is -2.21. The average molecular weight is 479 g/mol. The molecule has 6 heteroatoms. The van der Waals surface area contributed by atoms with Crippen molar-refractivity contribution in [3.63, 3.8) is 0 Å². The van der Waals surface area contributed by atoms with Gasteiger partial charge in [0.2, 0.25) is 0 Å². The average Bonchev–Trinajstić information content (AvgIpc) is 2.96. The molecule has 0 amide bonds. The summed E-state index contributed by atoms with van der Waals surface area (Å²) in [4.78, 5) is 11.4. The second-order valence-corrected chi connectivity index (χ2v) is 6.80. The summed E-state index contributed by atoms with van der Waals surface area (Å²) in [7, 11) is 0. The Bertz CT molecular complexity index is 739. The van der Waals surface area contributed by atoms with Gasteiger partial charge < -0.3 is 16.0 Å². The zero-order valence-corrected chi connectivity index (χ0v) is 18.4. The Balaban J connectivity index is 0.00000261. The minimum absolute atomic E-state index is 0. The van der Waals surface area contributed by atoms with Crippen LogP contribution in [0.4, 0.5) is 11.5 Å². The van der Waals surface area contributed by atoms with E-state index in [0.29, 0.717) is 12.5 Å². The van der Waals surface area contributed by atoms with Crippen molar-refractivity contribution in [1.29, 1.82) is 0 Å². The Morgan fingerprint density at radius 1 is 1.11 bits per heavy atom. The fourth-order valence-electron chi connectivity index (χ4n) is 3.26. The number of hydrogen-bond donors (Lipinski definition) is 2. The maximum absolute atomic E-state index is 6.06. The van der Waals surface area contributed by atoms with Gasteiger partial charge in [0.15, 0.2) is 5.96 Å². The van der Waals surface area contributed by atoms with E-state index in [1.807, 2.05) is 24.4 Å². The highest BCUT2D eigenvalue weighted by atomic mass is 127. The van der Waals surface area contributed by atoms with Gasteiger partial charge >= 0.3 is 0 Å². The molecule has 1 aromatic carbocycles. The molecule has 1 saturated heterocycles. The molecule has 0 atom stereocenters. The van der Waals surface area contributed by atoms with E-state index in [9.17, 15) is 0 Å². The van der Waals surface area contributed by atoms with Crippen LogP contribution in [0.25, 0.3) is 0 Å². The Morgan fingerprint density at radius 2 is 1.89 bits per heavy atom. The van der Waals surface area contributed by atoms with Crippen LogP contribution in [0.15, 0.2) is 47.6 Å². The molecule has 0 bridgehead atoms. The summed E-state index contributed by atoms with van der Waals surface area (Å²) < 4.78 is 0. The number of halogens is 1. The number of nitrogens with zero attached hydrogens (tertiary/aromatic N) is 3. The molecule has 2 aromatic rings. The largest absolute Gasteiger partial charge is 0.370 e. The van der Waals surface area contributed by atoms with E-state index in [1.54, 1.807) is 0 Å². The molecule has 1 aliphatic heterocycles. The van der Waals surface area contributed by atoms with Gasteiger partial charge in [0.05, 0.1) is 6.54 Å². The van der Waals surface area contributed by atoms with Gasteiger partial charge in [-0.2, -0.15) is 0 Å². The van der Waals surface area contributed by atoms with Gasteiger partial charge in [-0.05, 0) is 54.7 Å². The van der Waals surface area contributed by atoms with Gasteiger partial charge in [-0.15, -0.1) is 24.0 Å². The van der Waals surface area contributed by atoms with Crippen molar-refractivity contribution in [3.05, 3.63) is 53.7 Å². The molecule has 5 nitrogen and oxygen atoms in total. The van der Waals surface area contributed by atoms with Crippen LogP contribution in [0, 0.1) is 0 Å². The number of nitrogens with one attached hydrogen (secondary N) is 1. The Labute approximate surface area is 179 Å². The lowest BCUT2D eigenvalue weighted by atomic mass is 10.1. The molecule has 3 N–H and O–H groups in total. The molecule has 1 aromatic heterocycles. The second kappa shape index (κ2) is 11.1. The number of aromatic nitrogens is 1. The highest BCUT2D eigenvalue weighted by molar-refractivity contribution is 14.0. The highest BCUT2D eigenvalue weighted by Gasteiger charge is 2.11. The molecule has 146 valence electrons. The minimum Gasteiger partial charge on any atom is -0.370 e. The molecule has 1 fully saturated rings. The lowest BCUT2D eigenvalue weighted by molar-refractivity contribution is 0.726. The summed E-state index contributed by atoms with van der Waals surface area (Å²) in [5, 5.41) is 3.17. The molecule has 0 saturated carbocycles. The maximum Gasteiger partial charge on any atom is 0.193 e. The van der Waals surface area contributed by atoms with E-state index < -0.39 is 0 Å². The van der Waals surface area contributed by atoms with Crippen LogP contribution in [-0.2, 0) is 13.0 Å². The number of nitrogens with two attached hydrogens (primary N) is 1. The zero-order chi connectivity index (χ0) is 18.2. The van der Waals surface area contributed by atoms with Crippen LogP contribution in [0.5, 0.6) is 0 Å². The summed E-state index contributed by atoms with van der Waals surface area (Å²) in [6.45, 7) is 4.88. The van der Waals surface area contributed by atoms with E-state index in [0.717, 1.165) is 36.6 Å². The van der Waals surface area contributed by atoms with E-state index in [-0.39, 0.29) is 24.0 Å². The van der Waals surface area contributed by atoms with Gasteiger partial charge in [0.1, 0.15) is 5.82 Å². The fraction of sp³-hybridized carbons (Fsp3) is 0.429. The van der Waals surface area contributed by atoms with Crippen molar-refractivity contribution in [2.75, 3.05) is 23.3 Å². The van der Waals surface area contributed by atoms with Gasteiger partial charge in [0, 0.05) is 25.0 Å². The predicted molar refractivity (Wildman–Crippen MR) is 125 cm³/mol. The first-order valence-corrected chi connectivity index (χ1v) is 9.60. The SMILES string of the molecule is CCc1cccc(NC(N)=NCc2ccnc(N3CCCCCC3)c2)c1.I. The molecular formula is C21H30IN5. The van der Waals surface area contributed by atoms with E-state index in [2.05, 4.69) is 45.3 Å². The molecule has 0 spiro atoms. The topological polar surface area (TPSA) is 66.5 Å². The standard InChI is InChI=1S/C21H29N5.HI/c1-2-17-8-7-9-19(14-17)25-21(22)24-16-18-10-11-23-20(15-18)26-12-5-3-4-6-13-26;/h7-11,14-15H,2-6,12-13,16H2,1H3,(H3,22,24,25);1H. The van der Waals surface area contributed by atoms with Crippen LogP contribution in [0.1, 0.15) is 43.7 Å². The van der Waals surface area contributed by atoms with Gasteiger partial charge in [0.25, 0.3) is 0 Å². The van der Waals surface area contributed by atoms with Gasteiger partial charge in [-0.1, -0.05) is 31.9 Å². The number of anilines is 2. The van der Waals surface area contributed by atoms with Crippen molar-refractivity contribution in [1.82, 2.24) is 4.98 Å². The van der Waals surface area contributed by atoms with Crippen molar-refractivity contribution >= 4 is 41.4 Å². The molecule has 0 radical (unpaired) electrons. The monoisotopic (exact) mass is 479 g/mol. The number of guanidine groups is 1. The first kappa shape index (κ1) is 21.5. The number of hydrogen-bond acceptors (Lipinski definition) is 3. The summed E-state index contributed by atoms with van der Waals surface area (Å²) >= 11 is 0. The van der Waals surface area contributed by atoms with Crippen molar-refractivity contribution in [2.45, 2.75) is 45.6 Å². The van der Waals surface area contributed by atoms with E-state index in [4.69, 9.17) is 5.73 Å². The molecule has 27 heavy (non-hydrogen) atoms. The summed E-state index contributed by atoms with van der Waals surface area (Å²) in [5.74, 6) is 1.49. The predicted octanol–water partition coefficient (Wildman–Crippen LogP) is 4.57. The minimum atomic E-state index is 0. The third kappa shape index (κ3) is 6.68. The first-order valence-electron chi connectivity index (χ1n) is 9.60. The molecule has 3 rings (SSSR count). The molecule has 0 aliphatic carbocycles. The Kier molecular flexibility index (Phi) is 8.84. The van der Waals surface area contributed by atoms with Crippen LogP contribution in [-0.4, -0.2) is 24.0 Å². The molecule has 1 aliphatic rings. The number of aliphatic imine (C=N–C) groups is 1. The Morgan fingerprint density at radius 3 is 2.63 bits per heavy atom. The quantitative estimate of drug-likeness (QED) is 0.375. The third-order valence-corrected chi connectivity index (χ3v) is 4.78. The maximum atomic E-state index is 6.06. The lowest BCUT2D eigenvalue weighted by Crippen LogP contribution is -2.25. The van der Waals surface area contributed by atoms with Crippen LogP contribution in [0.2, 0.25) is 0 Å². The van der Waals surface area contributed by atoms with Gasteiger partial charge in [-0.25, -0.2) is 9.98 Å². The Hall–Kier alpha value is -1.83. The normalized spacial score (nSPS) is 15.0. The highest BCUT2D eigenvalue weighted by Crippen LogP contribution is 2.18. The smallest absolute Gasteiger partial charge is 0.193 e. The van der Waals surface area contributed by atoms with Crippen LogP contribution < -0.4 is 16.0 Å². The summed E-state index contributed by atoms with van der Waals surface area (Å²) in [6, 6.07) is 12.4. The fourth-order valence-corrected chi connectivity index (χ4v) is 3.26. The van der Waals surface area contributed by atoms with E-state index in [1.165, 1.54) is 31.2 Å². The summed E-state index contributed by atoms with van der Waals surface area (Å²) in [6.07, 6.45) is 8.02. The number of aryl methyl sites for hydroxylation is 1. The second-order valence-electron chi connectivity index (χ2n) is 6.80.